The van der Waals surface area contributed by atoms with Gasteiger partial charge in [-0.1, -0.05) is 12.6 Å². The van der Waals surface area contributed by atoms with Crippen molar-refractivity contribution in [1.82, 2.24) is 5.32 Å². The average molecular weight is 301 g/mol. The van der Waals surface area contributed by atoms with Gasteiger partial charge in [0.2, 0.25) is 11.8 Å². The summed E-state index contributed by atoms with van der Waals surface area (Å²) in [5, 5.41) is 5.56. The molecule has 1 aromatic carbocycles. The number of benzene rings is 1. The van der Waals surface area contributed by atoms with Crippen molar-refractivity contribution in [3.63, 3.8) is 0 Å². The predicted octanol–water partition coefficient (Wildman–Crippen LogP) is 2.31. The molecule has 1 unspecified atom stereocenters. The van der Waals surface area contributed by atoms with Crippen LogP contribution in [0.1, 0.15) is 26.2 Å². The zero-order valence-corrected chi connectivity index (χ0v) is 13.0. The molecule has 2 amide bonds. The molecule has 1 aromatic rings. The van der Waals surface area contributed by atoms with Gasteiger partial charge in [-0.25, -0.2) is 0 Å². The monoisotopic (exact) mass is 301 g/mol. The van der Waals surface area contributed by atoms with Crippen molar-refractivity contribution >= 4 is 23.2 Å². The van der Waals surface area contributed by atoms with Crippen LogP contribution >= 0.6 is 0 Å². The van der Waals surface area contributed by atoms with Gasteiger partial charge in [0.1, 0.15) is 0 Å². The van der Waals surface area contributed by atoms with Crippen molar-refractivity contribution in [3.05, 3.63) is 36.9 Å². The largest absolute Gasteiger partial charge is 0.371 e. The Morgan fingerprint density at radius 2 is 2.09 bits per heavy atom. The first-order valence-corrected chi connectivity index (χ1v) is 7.66. The Morgan fingerprint density at radius 3 is 2.77 bits per heavy atom. The number of hydrogen-bond donors (Lipinski definition) is 2. The van der Waals surface area contributed by atoms with E-state index >= 15 is 0 Å². The number of carbonyl (C=O) groups is 2. The van der Waals surface area contributed by atoms with Crippen LogP contribution in [0, 0.1) is 0 Å². The topological polar surface area (TPSA) is 61.4 Å². The van der Waals surface area contributed by atoms with E-state index in [0.29, 0.717) is 0 Å². The van der Waals surface area contributed by atoms with Crippen LogP contribution in [0.3, 0.4) is 0 Å². The fraction of sp³-hybridized carbons (Fsp3) is 0.412. The zero-order chi connectivity index (χ0) is 15.9. The van der Waals surface area contributed by atoms with Crippen molar-refractivity contribution in [1.29, 1.82) is 0 Å². The molecule has 1 fully saturated rings. The standard InChI is InChI=1S/C17H23N3O2/c1-3-16(21)18-13(2)11-17(22)19-14-7-6-8-15(12-14)20-9-4-5-10-20/h3,6-8,12-13H,1,4-5,9-11H2,2H3,(H,18,21)(H,19,22). The van der Waals surface area contributed by atoms with E-state index < -0.39 is 0 Å². The van der Waals surface area contributed by atoms with Crippen LogP contribution in [-0.2, 0) is 9.59 Å². The van der Waals surface area contributed by atoms with Crippen LogP contribution in [0.2, 0.25) is 0 Å². The number of carbonyl (C=O) groups excluding carboxylic acids is 2. The van der Waals surface area contributed by atoms with E-state index in [-0.39, 0.29) is 24.3 Å². The van der Waals surface area contributed by atoms with Crippen LogP contribution in [0.25, 0.3) is 0 Å². The van der Waals surface area contributed by atoms with Gasteiger partial charge in [-0.3, -0.25) is 9.59 Å². The highest BCUT2D eigenvalue weighted by molar-refractivity contribution is 5.92. The smallest absolute Gasteiger partial charge is 0.243 e. The summed E-state index contributed by atoms with van der Waals surface area (Å²) in [5.74, 6) is -0.383. The van der Waals surface area contributed by atoms with E-state index in [1.54, 1.807) is 6.92 Å². The van der Waals surface area contributed by atoms with E-state index in [0.717, 1.165) is 24.5 Å². The first-order chi connectivity index (χ1) is 10.6. The SMILES string of the molecule is C=CC(=O)NC(C)CC(=O)Nc1cccc(N2CCCC2)c1. The molecule has 0 radical (unpaired) electrons. The van der Waals surface area contributed by atoms with Gasteiger partial charge in [-0.2, -0.15) is 0 Å². The number of nitrogens with zero attached hydrogens (tertiary/aromatic N) is 1. The Bertz CT molecular complexity index is 551. The Kier molecular flexibility index (Phi) is 5.58. The maximum Gasteiger partial charge on any atom is 0.243 e. The van der Waals surface area contributed by atoms with Crippen molar-refractivity contribution in [2.75, 3.05) is 23.3 Å². The molecule has 5 heteroatoms. The van der Waals surface area contributed by atoms with Gasteiger partial charge in [0.15, 0.2) is 0 Å². The van der Waals surface area contributed by atoms with Crippen LogP contribution < -0.4 is 15.5 Å². The van der Waals surface area contributed by atoms with Gasteiger partial charge >= 0.3 is 0 Å². The highest BCUT2D eigenvalue weighted by atomic mass is 16.2. The third-order valence-corrected chi connectivity index (χ3v) is 3.67. The normalized spacial score (nSPS) is 15.2. The lowest BCUT2D eigenvalue weighted by Gasteiger charge is -2.18. The molecule has 1 aliphatic heterocycles. The van der Waals surface area contributed by atoms with E-state index in [9.17, 15) is 9.59 Å². The quantitative estimate of drug-likeness (QED) is 0.793. The van der Waals surface area contributed by atoms with Crippen LogP contribution in [0.4, 0.5) is 11.4 Å². The Labute approximate surface area is 131 Å². The molecule has 2 rings (SSSR count). The summed E-state index contributed by atoms with van der Waals surface area (Å²) >= 11 is 0. The van der Waals surface area contributed by atoms with Crippen LogP contribution in [0.15, 0.2) is 36.9 Å². The summed E-state index contributed by atoms with van der Waals surface area (Å²) in [5.41, 5.74) is 1.93. The van der Waals surface area contributed by atoms with Gasteiger partial charge in [0, 0.05) is 36.9 Å². The summed E-state index contributed by atoms with van der Waals surface area (Å²) in [6.07, 6.45) is 3.87. The molecule has 118 valence electrons. The number of rotatable bonds is 6. The molecule has 1 heterocycles. The third kappa shape index (κ3) is 4.62. The predicted molar refractivity (Wildman–Crippen MR) is 88.9 cm³/mol. The highest BCUT2D eigenvalue weighted by Crippen LogP contribution is 2.23. The van der Waals surface area contributed by atoms with Crippen LogP contribution in [-0.4, -0.2) is 30.9 Å². The number of hydrogen-bond acceptors (Lipinski definition) is 3. The molecule has 2 N–H and O–H groups in total. The Hall–Kier alpha value is -2.30. The van der Waals surface area contributed by atoms with E-state index in [1.807, 2.05) is 18.2 Å². The zero-order valence-electron chi connectivity index (χ0n) is 13.0. The van der Waals surface area contributed by atoms with E-state index in [1.165, 1.54) is 18.9 Å². The minimum Gasteiger partial charge on any atom is -0.371 e. The molecule has 1 atom stereocenters. The molecule has 22 heavy (non-hydrogen) atoms. The maximum absolute atomic E-state index is 12.0. The molecule has 0 spiro atoms. The molecule has 0 saturated carbocycles. The molecule has 1 aliphatic rings. The summed E-state index contributed by atoms with van der Waals surface area (Å²) in [6, 6.07) is 7.66. The number of amides is 2. The first kappa shape index (κ1) is 16.1. The lowest BCUT2D eigenvalue weighted by atomic mass is 10.2. The van der Waals surface area contributed by atoms with Gasteiger partial charge in [-0.05, 0) is 44.0 Å². The van der Waals surface area contributed by atoms with Crippen molar-refractivity contribution in [2.45, 2.75) is 32.2 Å². The minimum atomic E-state index is -0.267. The van der Waals surface area contributed by atoms with Crippen LogP contribution in [0.5, 0.6) is 0 Å². The number of nitrogens with one attached hydrogen (secondary N) is 2. The maximum atomic E-state index is 12.0. The average Bonchev–Trinajstić information content (AvgIpc) is 3.01. The van der Waals surface area contributed by atoms with E-state index in [2.05, 4.69) is 28.2 Å². The molecule has 0 bridgehead atoms. The summed E-state index contributed by atoms with van der Waals surface area (Å²) < 4.78 is 0. The van der Waals surface area contributed by atoms with Crippen molar-refractivity contribution < 1.29 is 9.59 Å². The van der Waals surface area contributed by atoms with Gasteiger partial charge < -0.3 is 15.5 Å². The second-order valence-corrected chi connectivity index (χ2v) is 5.61. The fourth-order valence-corrected chi connectivity index (χ4v) is 2.60. The Morgan fingerprint density at radius 1 is 1.36 bits per heavy atom. The van der Waals surface area contributed by atoms with Gasteiger partial charge in [0.05, 0.1) is 0 Å². The molecule has 1 saturated heterocycles. The summed E-state index contributed by atoms with van der Waals surface area (Å²) in [4.78, 5) is 25.5. The molecule has 0 aromatic heterocycles. The molecule has 5 nitrogen and oxygen atoms in total. The van der Waals surface area contributed by atoms with Crippen molar-refractivity contribution in [2.24, 2.45) is 0 Å². The summed E-state index contributed by atoms with van der Waals surface area (Å²) in [7, 11) is 0. The Balaban J connectivity index is 1.89. The number of anilines is 2. The van der Waals surface area contributed by atoms with E-state index in [4.69, 9.17) is 0 Å². The van der Waals surface area contributed by atoms with Gasteiger partial charge in [0.25, 0.3) is 0 Å². The molecule has 0 aliphatic carbocycles. The van der Waals surface area contributed by atoms with Gasteiger partial charge in [-0.15, -0.1) is 0 Å². The third-order valence-electron chi connectivity index (χ3n) is 3.67. The highest BCUT2D eigenvalue weighted by Gasteiger charge is 2.14. The minimum absolute atomic E-state index is 0.115. The lowest BCUT2D eigenvalue weighted by molar-refractivity contribution is -0.118. The lowest BCUT2D eigenvalue weighted by Crippen LogP contribution is -2.34. The molecular weight excluding hydrogens is 278 g/mol. The molecular formula is C17H23N3O2. The second-order valence-electron chi connectivity index (χ2n) is 5.61. The second kappa shape index (κ2) is 7.64. The first-order valence-electron chi connectivity index (χ1n) is 7.66. The fourth-order valence-electron chi connectivity index (χ4n) is 2.60. The summed E-state index contributed by atoms with van der Waals surface area (Å²) in [6.45, 7) is 7.33. The van der Waals surface area contributed by atoms with Crippen molar-refractivity contribution in [3.8, 4) is 0 Å².